The molecule has 0 heterocycles. The summed E-state index contributed by atoms with van der Waals surface area (Å²) in [5, 5.41) is 0. The Labute approximate surface area is 160 Å². The van der Waals surface area contributed by atoms with E-state index in [-0.39, 0.29) is 0 Å². The van der Waals surface area contributed by atoms with Gasteiger partial charge in [-0.25, -0.2) is 9.59 Å². The second-order valence-corrected chi connectivity index (χ2v) is 7.02. The lowest BCUT2D eigenvalue weighted by Gasteiger charge is -2.37. The summed E-state index contributed by atoms with van der Waals surface area (Å²) in [6.07, 6.45) is 1.20. The normalized spacial score (nSPS) is 13.3. The molecule has 0 saturated heterocycles. The zero-order valence-corrected chi connectivity index (χ0v) is 16.1. The van der Waals surface area contributed by atoms with E-state index < -0.39 is 29.6 Å². The van der Waals surface area contributed by atoms with Gasteiger partial charge in [0.25, 0.3) is 0 Å². The zero-order chi connectivity index (χ0) is 19.9. The van der Waals surface area contributed by atoms with E-state index in [1.54, 1.807) is 54.6 Å². The molecular weight excluding hydrogens is 340 g/mol. The van der Waals surface area contributed by atoms with Crippen LogP contribution in [0.5, 0.6) is 0 Å². The summed E-state index contributed by atoms with van der Waals surface area (Å²) in [5.74, 6) is -0.806. The van der Waals surface area contributed by atoms with Crippen LogP contribution in [0.25, 0.3) is 0 Å². The summed E-state index contributed by atoms with van der Waals surface area (Å²) in [6.45, 7) is 9.41. The fourth-order valence-corrected chi connectivity index (χ4v) is 2.64. The molecule has 2 aromatic carbocycles. The topological polar surface area (TPSA) is 52.6 Å². The standard InChI is InChI=1S/C23H26O4/c1-5-12-20(27-22(25)19-15-10-7-11-16-19)23(3,4)17(2)26-21(24)18-13-8-6-9-14-18/h5-11,13-17,20H,1,12H2,2-4H3. The van der Waals surface area contributed by atoms with Crippen LogP contribution in [-0.4, -0.2) is 24.1 Å². The average molecular weight is 366 g/mol. The van der Waals surface area contributed by atoms with Crippen molar-refractivity contribution in [1.29, 1.82) is 0 Å². The van der Waals surface area contributed by atoms with Gasteiger partial charge in [-0.05, 0) is 31.2 Å². The van der Waals surface area contributed by atoms with Crippen LogP contribution >= 0.6 is 0 Å². The molecule has 142 valence electrons. The summed E-state index contributed by atoms with van der Waals surface area (Å²) in [7, 11) is 0. The number of hydrogen-bond donors (Lipinski definition) is 0. The van der Waals surface area contributed by atoms with Crippen LogP contribution in [0, 0.1) is 5.41 Å². The Kier molecular flexibility index (Phi) is 6.94. The highest BCUT2D eigenvalue weighted by Gasteiger charge is 2.39. The minimum atomic E-state index is -0.608. The number of carbonyl (C=O) groups excluding carboxylic acids is 2. The van der Waals surface area contributed by atoms with Crippen molar-refractivity contribution in [2.45, 2.75) is 39.4 Å². The van der Waals surface area contributed by atoms with Gasteiger partial charge in [-0.2, -0.15) is 0 Å². The lowest BCUT2D eigenvalue weighted by atomic mass is 9.79. The molecule has 27 heavy (non-hydrogen) atoms. The van der Waals surface area contributed by atoms with E-state index in [9.17, 15) is 9.59 Å². The molecule has 0 bridgehead atoms. The highest BCUT2D eigenvalue weighted by Crippen LogP contribution is 2.33. The van der Waals surface area contributed by atoms with Crippen molar-refractivity contribution in [3.05, 3.63) is 84.4 Å². The van der Waals surface area contributed by atoms with E-state index in [2.05, 4.69) is 6.58 Å². The molecule has 2 aromatic rings. The first-order valence-corrected chi connectivity index (χ1v) is 8.99. The van der Waals surface area contributed by atoms with E-state index in [0.717, 1.165) is 0 Å². The molecule has 0 spiro atoms. The first kappa shape index (κ1) is 20.4. The van der Waals surface area contributed by atoms with Gasteiger partial charge < -0.3 is 9.47 Å². The molecule has 0 aliphatic rings. The second kappa shape index (κ2) is 9.17. The third kappa shape index (κ3) is 5.30. The van der Waals surface area contributed by atoms with Crippen LogP contribution in [0.15, 0.2) is 73.3 Å². The summed E-state index contributed by atoms with van der Waals surface area (Å²) in [4.78, 5) is 24.9. The van der Waals surface area contributed by atoms with E-state index in [1.807, 2.05) is 32.9 Å². The Bertz CT molecular complexity index is 765. The highest BCUT2D eigenvalue weighted by atomic mass is 16.6. The predicted molar refractivity (Wildman–Crippen MR) is 106 cm³/mol. The van der Waals surface area contributed by atoms with Gasteiger partial charge in [0, 0.05) is 11.8 Å². The fourth-order valence-electron chi connectivity index (χ4n) is 2.64. The molecule has 0 fully saturated rings. The van der Waals surface area contributed by atoms with Gasteiger partial charge in [0.05, 0.1) is 11.1 Å². The minimum Gasteiger partial charge on any atom is -0.458 e. The fraction of sp³-hybridized carbons (Fsp3) is 0.304. The minimum absolute atomic E-state index is 0.400. The number of ether oxygens (including phenoxy) is 2. The molecule has 0 aliphatic carbocycles. The van der Waals surface area contributed by atoms with Gasteiger partial charge in [0.1, 0.15) is 12.2 Å². The molecule has 0 saturated carbocycles. The van der Waals surface area contributed by atoms with Crippen molar-refractivity contribution in [2.24, 2.45) is 5.41 Å². The summed E-state index contributed by atoms with van der Waals surface area (Å²) in [6, 6.07) is 17.7. The van der Waals surface area contributed by atoms with Crippen LogP contribution < -0.4 is 0 Å². The summed E-state index contributed by atoms with van der Waals surface area (Å²) >= 11 is 0. The lowest BCUT2D eigenvalue weighted by Crippen LogP contribution is -2.43. The molecule has 0 aromatic heterocycles. The Morgan fingerprint density at radius 3 is 1.81 bits per heavy atom. The van der Waals surface area contributed by atoms with Crippen LogP contribution in [0.4, 0.5) is 0 Å². The van der Waals surface area contributed by atoms with Crippen molar-refractivity contribution < 1.29 is 19.1 Å². The largest absolute Gasteiger partial charge is 0.458 e. The molecule has 4 heteroatoms. The number of rotatable bonds is 8. The smallest absolute Gasteiger partial charge is 0.338 e. The Morgan fingerprint density at radius 1 is 0.926 bits per heavy atom. The van der Waals surface area contributed by atoms with E-state index in [4.69, 9.17) is 9.47 Å². The third-order valence-corrected chi connectivity index (χ3v) is 4.81. The molecule has 0 aliphatic heterocycles. The second-order valence-electron chi connectivity index (χ2n) is 7.02. The Hall–Kier alpha value is -2.88. The van der Waals surface area contributed by atoms with E-state index in [1.165, 1.54) is 0 Å². The van der Waals surface area contributed by atoms with Gasteiger partial charge in [-0.15, -0.1) is 6.58 Å². The van der Waals surface area contributed by atoms with Crippen LogP contribution in [0.3, 0.4) is 0 Å². The SMILES string of the molecule is C=CCC(OC(=O)c1ccccc1)C(C)(C)C(C)OC(=O)c1ccccc1. The molecule has 2 atom stereocenters. The van der Waals surface area contributed by atoms with Crippen molar-refractivity contribution in [3.63, 3.8) is 0 Å². The maximum absolute atomic E-state index is 12.5. The lowest BCUT2D eigenvalue weighted by molar-refractivity contribution is -0.0644. The van der Waals surface area contributed by atoms with Gasteiger partial charge in [-0.3, -0.25) is 0 Å². The third-order valence-electron chi connectivity index (χ3n) is 4.81. The first-order chi connectivity index (χ1) is 12.9. The Balaban J connectivity index is 2.12. The van der Waals surface area contributed by atoms with Crippen LogP contribution in [0.2, 0.25) is 0 Å². The van der Waals surface area contributed by atoms with Crippen molar-refractivity contribution in [3.8, 4) is 0 Å². The average Bonchev–Trinajstić information content (AvgIpc) is 2.68. The number of esters is 2. The maximum atomic E-state index is 12.5. The maximum Gasteiger partial charge on any atom is 0.338 e. The molecule has 0 radical (unpaired) electrons. The molecule has 2 rings (SSSR count). The molecule has 0 amide bonds. The molecule has 0 N–H and O–H groups in total. The van der Waals surface area contributed by atoms with Crippen molar-refractivity contribution in [1.82, 2.24) is 0 Å². The first-order valence-electron chi connectivity index (χ1n) is 8.99. The monoisotopic (exact) mass is 366 g/mol. The van der Waals surface area contributed by atoms with Gasteiger partial charge in [0.2, 0.25) is 0 Å². The summed E-state index contributed by atoms with van der Waals surface area (Å²) < 4.78 is 11.4. The molecule has 2 unspecified atom stereocenters. The zero-order valence-electron chi connectivity index (χ0n) is 16.1. The Morgan fingerprint density at radius 2 is 1.37 bits per heavy atom. The van der Waals surface area contributed by atoms with Gasteiger partial charge in [0.15, 0.2) is 0 Å². The predicted octanol–water partition coefficient (Wildman–Crippen LogP) is 5.06. The van der Waals surface area contributed by atoms with E-state index >= 15 is 0 Å². The van der Waals surface area contributed by atoms with Crippen molar-refractivity contribution >= 4 is 11.9 Å². The van der Waals surface area contributed by atoms with Gasteiger partial charge in [-0.1, -0.05) is 56.3 Å². The quantitative estimate of drug-likeness (QED) is 0.484. The summed E-state index contributed by atoms with van der Waals surface area (Å²) in [5.41, 5.74) is 0.362. The number of benzene rings is 2. The van der Waals surface area contributed by atoms with E-state index in [0.29, 0.717) is 17.5 Å². The van der Waals surface area contributed by atoms with Gasteiger partial charge >= 0.3 is 11.9 Å². The highest BCUT2D eigenvalue weighted by molar-refractivity contribution is 5.90. The van der Waals surface area contributed by atoms with Crippen LogP contribution in [0.1, 0.15) is 47.9 Å². The number of carbonyl (C=O) groups is 2. The number of hydrogen-bond acceptors (Lipinski definition) is 4. The van der Waals surface area contributed by atoms with Crippen molar-refractivity contribution in [2.75, 3.05) is 0 Å². The molecule has 4 nitrogen and oxygen atoms in total. The van der Waals surface area contributed by atoms with Crippen LogP contribution in [-0.2, 0) is 9.47 Å². The molecular formula is C23H26O4.